The average molecular weight is 254 g/mol. The Labute approximate surface area is 104 Å². The van der Waals surface area contributed by atoms with E-state index in [1.165, 1.54) is 12.1 Å². The zero-order chi connectivity index (χ0) is 12.4. The number of nitrogens with one attached hydrogen (secondary N) is 1. The van der Waals surface area contributed by atoms with Crippen molar-refractivity contribution in [1.29, 1.82) is 0 Å². The molecule has 1 N–H and O–H groups in total. The fourth-order valence-electron chi connectivity index (χ4n) is 1.84. The lowest BCUT2D eigenvalue weighted by Crippen LogP contribution is -2.18. The smallest absolute Gasteiger partial charge is 0.128 e. The first-order valence-electron chi connectivity index (χ1n) is 5.29. The summed E-state index contributed by atoms with van der Waals surface area (Å²) < 4.78 is 18.7. The van der Waals surface area contributed by atoms with Gasteiger partial charge >= 0.3 is 0 Å². The van der Waals surface area contributed by atoms with Crippen molar-refractivity contribution in [3.05, 3.63) is 58.3 Å². The summed E-state index contributed by atoms with van der Waals surface area (Å²) >= 11 is 6.09. The Kier molecular flexibility index (Phi) is 3.50. The number of halogens is 2. The Bertz CT molecular complexity index is 524. The van der Waals surface area contributed by atoms with Crippen LogP contribution in [-0.2, 0) is 0 Å². The molecule has 0 saturated heterocycles. The van der Waals surface area contributed by atoms with Crippen molar-refractivity contribution in [2.75, 3.05) is 7.05 Å². The van der Waals surface area contributed by atoms with Gasteiger partial charge in [-0.1, -0.05) is 11.6 Å². The van der Waals surface area contributed by atoms with Crippen molar-refractivity contribution in [1.82, 2.24) is 5.32 Å². The molecule has 0 bridgehead atoms. The molecule has 0 amide bonds. The maximum Gasteiger partial charge on any atom is 0.128 e. The highest BCUT2D eigenvalue weighted by molar-refractivity contribution is 6.31. The lowest BCUT2D eigenvalue weighted by atomic mass is 10.0. The minimum atomic E-state index is -0.311. The summed E-state index contributed by atoms with van der Waals surface area (Å²) in [6.45, 7) is 1.94. The summed E-state index contributed by atoms with van der Waals surface area (Å²) in [5.41, 5.74) is 1.68. The topological polar surface area (TPSA) is 25.2 Å². The van der Waals surface area contributed by atoms with Crippen LogP contribution in [-0.4, -0.2) is 7.05 Å². The highest BCUT2D eigenvalue weighted by Crippen LogP contribution is 2.30. The number of hydrogen-bond donors (Lipinski definition) is 1. The zero-order valence-electron chi connectivity index (χ0n) is 9.63. The quantitative estimate of drug-likeness (QED) is 0.903. The molecule has 2 rings (SSSR count). The molecule has 17 heavy (non-hydrogen) atoms. The summed E-state index contributed by atoms with van der Waals surface area (Å²) in [6, 6.07) is 5.94. The van der Waals surface area contributed by atoms with E-state index in [0.717, 1.165) is 11.3 Å². The molecule has 0 aliphatic rings. The Morgan fingerprint density at radius 3 is 2.71 bits per heavy atom. The highest BCUT2D eigenvalue weighted by Gasteiger charge is 2.20. The van der Waals surface area contributed by atoms with E-state index < -0.39 is 0 Å². The molecule has 0 spiro atoms. The number of rotatable bonds is 3. The summed E-state index contributed by atoms with van der Waals surface area (Å²) in [7, 11) is 1.79. The third-order valence-electron chi connectivity index (χ3n) is 2.72. The van der Waals surface area contributed by atoms with Gasteiger partial charge in [-0.15, -0.1) is 0 Å². The third kappa shape index (κ3) is 2.35. The highest BCUT2D eigenvalue weighted by atomic mass is 35.5. The van der Waals surface area contributed by atoms with Crippen molar-refractivity contribution in [3.63, 3.8) is 0 Å². The van der Waals surface area contributed by atoms with Gasteiger partial charge in [0.25, 0.3) is 0 Å². The molecule has 90 valence electrons. The second kappa shape index (κ2) is 4.90. The molecular weight excluding hydrogens is 241 g/mol. The molecule has 1 aromatic carbocycles. The van der Waals surface area contributed by atoms with Gasteiger partial charge in [-0.2, -0.15) is 0 Å². The zero-order valence-corrected chi connectivity index (χ0v) is 10.4. The van der Waals surface area contributed by atoms with Crippen molar-refractivity contribution < 1.29 is 8.81 Å². The number of furan rings is 1. The predicted octanol–water partition coefficient (Wildman–Crippen LogP) is 3.69. The van der Waals surface area contributed by atoms with Gasteiger partial charge in [0, 0.05) is 5.02 Å². The SMILES string of the molecule is CNC(c1cc(F)ccc1Cl)c1occc1C. The standard InChI is InChI=1S/C13H13ClFNO/c1-8-5-6-17-13(8)12(16-2)10-7-9(15)3-4-11(10)14/h3-7,12,16H,1-2H3. The van der Waals surface area contributed by atoms with E-state index in [2.05, 4.69) is 5.32 Å². The number of hydrogen-bond acceptors (Lipinski definition) is 2. The lowest BCUT2D eigenvalue weighted by molar-refractivity contribution is 0.459. The Morgan fingerprint density at radius 1 is 1.35 bits per heavy atom. The van der Waals surface area contributed by atoms with Crippen LogP contribution in [0.15, 0.2) is 34.9 Å². The molecule has 0 aliphatic heterocycles. The monoisotopic (exact) mass is 253 g/mol. The molecule has 1 atom stereocenters. The maximum atomic E-state index is 13.3. The molecule has 1 aromatic heterocycles. The van der Waals surface area contributed by atoms with Gasteiger partial charge in [0.05, 0.1) is 12.3 Å². The largest absolute Gasteiger partial charge is 0.467 e. The second-order valence-corrected chi connectivity index (χ2v) is 4.26. The second-order valence-electron chi connectivity index (χ2n) is 3.86. The van der Waals surface area contributed by atoms with E-state index in [0.29, 0.717) is 10.6 Å². The first kappa shape index (κ1) is 12.1. The van der Waals surface area contributed by atoms with Crippen molar-refractivity contribution in [2.24, 2.45) is 0 Å². The molecule has 1 heterocycles. The molecule has 0 aliphatic carbocycles. The Morgan fingerprint density at radius 2 is 2.12 bits per heavy atom. The van der Waals surface area contributed by atoms with Crippen LogP contribution in [0.5, 0.6) is 0 Å². The molecule has 0 radical (unpaired) electrons. The van der Waals surface area contributed by atoms with Gasteiger partial charge in [0.1, 0.15) is 11.6 Å². The van der Waals surface area contributed by atoms with Crippen LogP contribution in [0.25, 0.3) is 0 Å². The van der Waals surface area contributed by atoms with Gasteiger partial charge in [0.2, 0.25) is 0 Å². The van der Waals surface area contributed by atoms with Gasteiger partial charge < -0.3 is 9.73 Å². The predicted molar refractivity (Wildman–Crippen MR) is 65.8 cm³/mol. The Hall–Kier alpha value is -1.32. The fraction of sp³-hybridized carbons (Fsp3) is 0.231. The van der Waals surface area contributed by atoms with Gasteiger partial charge in [-0.25, -0.2) is 4.39 Å². The van der Waals surface area contributed by atoms with Crippen LogP contribution in [0.4, 0.5) is 4.39 Å². The normalized spacial score (nSPS) is 12.7. The third-order valence-corrected chi connectivity index (χ3v) is 3.07. The van der Waals surface area contributed by atoms with Crippen LogP contribution in [0.1, 0.15) is 22.9 Å². The number of benzene rings is 1. The van der Waals surface area contributed by atoms with E-state index in [1.807, 2.05) is 13.0 Å². The van der Waals surface area contributed by atoms with E-state index >= 15 is 0 Å². The molecular formula is C13H13ClFNO. The minimum Gasteiger partial charge on any atom is -0.467 e. The molecule has 2 nitrogen and oxygen atoms in total. The molecule has 1 unspecified atom stereocenters. The van der Waals surface area contributed by atoms with E-state index in [-0.39, 0.29) is 11.9 Å². The fourth-order valence-corrected chi connectivity index (χ4v) is 2.07. The summed E-state index contributed by atoms with van der Waals surface area (Å²) in [4.78, 5) is 0. The van der Waals surface area contributed by atoms with Crippen LogP contribution >= 0.6 is 11.6 Å². The molecule has 0 fully saturated rings. The lowest BCUT2D eigenvalue weighted by Gasteiger charge is -2.16. The Balaban J connectivity index is 2.49. The van der Waals surface area contributed by atoms with Crippen molar-refractivity contribution in [2.45, 2.75) is 13.0 Å². The van der Waals surface area contributed by atoms with E-state index in [1.54, 1.807) is 19.4 Å². The molecule has 0 saturated carbocycles. The van der Waals surface area contributed by atoms with E-state index in [4.69, 9.17) is 16.0 Å². The van der Waals surface area contributed by atoms with Crippen LogP contribution in [0.3, 0.4) is 0 Å². The average Bonchev–Trinajstić information content (AvgIpc) is 2.71. The minimum absolute atomic E-state index is 0.242. The van der Waals surface area contributed by atoms with Gasteiger partial charge in [-0.05, 0) is 49.4 Å². The first-order valence-corrected chi connectivity index (χ1v) is 5.67. The van der Waals surface area contributed by atoms with Crippen LogP contribution in [0, 0.1) is 12.7 Å². The first-order chi connectivity index (χ1) is 8.13. The van der Waals surface area contributed by atoms with Crippen molar-refractivity contribution in [3.8, 4) is 0 Å². The van der Waals surface area contributed by atoms with Gasteiger partial charge in [0.15, 0.2) is 0 Å². The summed E-state index contributed by atoms with van der Waals surface area (Å²) in [6.07, 6.45) is 1.61. The molecule has 4 heteroatoms. The van der Waals surface area contributed by atoms with E-state index in [9.17, 15) is 4.39 Å². The van der Waals surface area contributed by atoms with Crippen LogP contribution < -0.4 is 5.32 Å². The van der Waals surface area contributed by atoms with Gasteiger partial charge in [-0.3, -0.25) is 0 Å². The number of aryl methyl sites for hydroxylation is 1. The van der Waals surface area contributed by atoms with Crippen molar-refractivity contribution >= 4 is 11.6 Å². The van der Waals surface area contributed by atoms with Crippen LogP contribution in [0.2, 0.25) is 5.02 Å². The molecule has 2 aromatic rings. The maximum absolute atomic E-state index is 13.3. The summed E-state index contributed by atoms with van der Waals surface area (Å²) in [5.74, 6) is 0.439. The summed E-state index contributed by atoms with van der Waals surface area (Å²) in [5, 5.41) is 3.60.